The van der Waals surface area contributed by atoms with Gasteiger partial charge in [0.25, 0.3) is 0 Å². The van der Waals surface area contributed by atoms with E-state index >= 15 is 0 Å². The molecule has 0 radical (unpaired) electrons. The second kappa shape index (κ2) is 5.69. The molecule has 4 nitrogen and oxygen atoms in total. The highest BCUT2D eigenvalue weighted by atomic mass is 32.2. The number of nitrogens with one attached hydrogen (secondary N) is 1. The van der Waals surface area contributed by atoms with Gasteiger partial charge < -0.3 is 5.73 Å². The monoisotopic (exact) mass is 288 g/mol. The molecule has 6 heteroatoms. The summed E-state index contributed by atoms with van der Waals surface area (Å²) in [5, 5.41) is 0. The van der Waals surface area contributed by atoms with E-state index in [1.54, 1.807) is 6.07 Å². The van der Waals surface area contributed by atoms with E-state index in [2.05, 4.69) is 11.6 Å². The lowest BCUT2D eigenvalue weighted by Gasteiger charge is -2.16. The van der Waals surface area contributed by atoms with Gasteiger partial charge in [0, 0.05) is 10.9 Å². The van der Waals surface area contributed by atoms with E-state index in [1.165, 1.54) is 11.3 Å². The van der Waals surface area contributed by atoms with Gasteiger partial charge in [0.1, 0.15) is 4.21 Å². The van der Waals surface area contributed by atoms with Crippen molar-refractivity contribution in [3.8, 4) is 0 Å². The zero-order valence-electron chi connectivity index (χ0n) is 10.6. The van der Waals surface area contributed by atoms with Crippen LogP contribution in [-0.2, 0) is 16.4 Å². The van der Waals surface area contributed by atoms with Crippen LogP contribution >= 0.6 is 11.3 Å². The Labute approximate surface area is 113 Å². The first-order valence-electron chi connectivity index (χ1n) is 6.34. The Morgan fingerprint density at radius 2 is 2.22 bits per heavy atom. The predicted molar refractivity (Wildman–Crippen MR) is 74.2 cm³/mol. The Balaban J connectivity index is 2.09. The van der Waals surface area contributed by atoms with Gasteiger partial charge in [-0.25, -0.2) is 13.1 Å². The fourth-order valence-electron chi connectivity index (χ4n) is 2.36. The molecule has 1 fully saturated rings. The van der Waals surface area contributed by atoms with E-state index in [-0.39, 0.29) is 6.04 Å². The molecule has 0 aromatic carbocycles. The highest BCUT2D eigenvalue weighted by molar-refractivity contribution is 7.91. The minimum atomic E-state index is -3.35. The number of hydrogen-bond donors (Lipinski definition) is 2. The van der Waals surface area contributed by atoms with E-state index in [4.69, 9.17) is 5.73 Å². The Morgan fingerprint density at radius 1 is 1.44 bits per heavy atom. The van der Waals surface area contributed by atoms with E-state index < -0.39 is 10.0 Å². The number of nitrogens with two attached hydrogens (primary N) is 1. The SMILES string of the molecule is CC1CCCC1NS(=O)(=O)c1ccc(CCN)s1. The molecule has 2 atom stereocenters. The normalized spacial score (nSPS) is 24.6. The van der Waals surface area contributed by atoms with Crippen molar-refractivity contribution < 1.29 is 8.42 Å². The molecule has 1 aliphatic carbocycles. The summed E-state index contributed by atoms with van der Waals surface area (Å²) in [6.07, 6.45) is 3.90. The molecule has 1 aromatic rings. The predicted octanol–water partition coefficient (Wildman–Crippen LogP) is 1.72. The average Bonchev–Trinajstić information content (AvgIpc) is 2.90. The largest absolute Gasteiger partial charge is 0.330 e. The summed E-state index contributed by atoms with van der Waals surface area (Å²) in [6.45, 7) is 2.65. The minimum Gasteiger partial charge on any atom is -0.330 e. The molecule has 2 unspecified atom stereocenters. The van der Waals surface area contributed by atoms with Crippen molar-refractivity contribution in [3.05, 3.63) is 17.0 Å². The number of hydrogen-bond acceptors (Lipinski definition) is 4. The van der Waals surface area contributed by atoms with Gasteiger partial charge in [-0.15, -0.1) is 11.3 Å². The van der Waals surface area contributed by atoms with Crippen LogP contribution in [0.5, 0.6) is 0 Å². The van der Waals surface area contributed by atoms with Crippen LogP contribution in [0.4, 0.5) is 0 Å². The quantitative estimate of drug-likeness (QED) is 0.866. The van der Waals surface area contributed by atoms with Crippen molar-refractivity contribution in [2.24, 2.45) is 11.7 Å². The van der Waals surface area contributed by atoms with E-state index in [1.807, 2.05) is 6.07 Å². The first kappa shape index (κ1) is 14.0. The topological polar surface area (TPSA) is 72.2 Å². The van der Waals surface area contributed by atoms with Crippen LogP contribution in [0.1, 0.15) is 31.1 Å². The van der Waals surface area contributed by atoms with Crippen LogP contribution in [0.2, 0.25) is 0 Å². The Hall–Kier alpha value is -0.430. The van der Waals surface area contributed by atoms with Gasteiger partial charge in [0.2, 0.25) is 10.0 Å². The van der Waals surface area contributed by atoms with Crippen LogP contribution in [0.15, 0.2) is 16.3 Å². The van der Waals surface area contributed by atoms with Crippen LogP contribution in [-0.4, -0.2) is 21.0 Å². The standard InChI is InChI=1S/C12H20N2O2S2/c1-9-3-2-4-11(9)14-18(15,16)12-6-5-10(17-12)7-8-13/h5-6,9,11,14H,2-4,7-8,13H2,1H3. The smallest absolute Gasteiger partial charge is 0.250 e. The summed E-state index contributed by atoms with van der Waals surface area (Å²) in [5.74, 6) is 0.434. The van der Waals surface area contributed by atoms with E-state index in [0.717, 1.165) is 30.6 Å². The summed E-state index contributed by atoms with van der Waals surface area (Å²) in [5.41, 5.74) is 5.47. The Morgan fingerprint density at radius 3 is 2.83 bits per heavy atom. The first-order chi connectivity index (χ1) is 8.53. The van der Waals surface area contributed by atoms with Crippen molar-refractivity contribution in [2.75, 3.05) is 6.54 Å². The van der Waals surface area contributed by atoms with E-state index in [0.29, 0.717) is 16.7 Å². The molecule has 0 aliphatic heterocycles. The Bertz CT molecular complexity index is 496. The van der Waals surface area contributed by atoms with Crippen molar-refractivity contribution in [1.29, 1.82) is 0 Å². The summed E-state index contributed by atoms with van der Waals surface area (Å²) in [6, 6.07) is 3.62. The van der Waals surface area contributed by atoms with Crippen LogP contribution in [0.25, 0.3) is 0 Å². The second-order valence-electron chi connectivity index (χ2n) is 4.90. The Kier molecular flexibility index (Phi) is 4.42. The summed E-state index contributed by atoms with van der Waals surface area (Å²) in [7, 11) is -3.35. The lowest BCUT2D eigenvalue weighted by molar-refractivity contribution is 0.477. The second-order valence-corrected chi connectivity index (χ2v) is 8.00. The maximum absolute atomic E-state index is 12.2. The zero-order valence-corrected chi connectivity index (χ0v) is 12.2. The molecule has 0 bridgehead atoms. The highest BCUT2D eigenvalue weighted by Crippen LogP contribution is 2.28. The maximum Gasteiger partial charge on any atom is 0.250 e. The molecule has 2 rings (SSSR count). The van der Waals surface area contributed by atoms with Gasteiger partial charge in [-0.1, -0.05) is 13.3 Å². The molecule has 0 saturated heterocycles. The third kappa shape index (κ3) is 3.12. The molecule has 1 aromatic heterocycles. The molecule has 102 valence electrons. The molecule has 0 spiro atoms. The summed E-state index contributed by atoms with van der Waals surface area (Å²) in [4.78, 5) is 1.03. The third-order valence-electron chi connectivity index (χ3n) is 3.46. The molecule has 1 saturated carbocycles. The fraction of sp³-hybridized carbons (Fsp3) is 0.667. The number of thiophene rings is 1. The molecule has 18 heavy (non-hydrogen) atoms. The zero-order chi connectivity index (χ0) is 13.2. The summed E-state index contributed by atoms with van der Waals surface area (Å²) >= 11 is 1.32. The van der Waals surface area contributed by atoms with Crippen molar-refractivity contribution in [2.45, 2.75) is 42.9 Å². The fourth-order valence-corrected chi connectivity index (χ4v) is 5.12. The minimum absolute atomic E-state index is 0.0926. The van der Waals surface area contributed by atoms with Gasteiger partial charge in [0.15, 0.2) is 0 Å². The van der Waals surface area contributed by atoms with Crippen LogP contribution < -0.4 is 10.5 Å². The number of rotatable bonds is 5. The molecule has 1 aliphatic rings. The molecular formula is C12H20N2O2S2. The van der Waals surface area contributed by atoms with Crippen LogP contribution in [0.3, 0.4) is 0 Å². The highest BCUT2D eigenvalue weighted by Gasteiger charge is 2.28. The lowest BCUT2D eigenvalue weighted by Crippen LogP contribution is -2.35. The third-order valence-corrected chi connectivity index (χ3v) is 6.59. The molecular weight excluding hydrogens is 268 g/mol. The van der Waals surface area contributed by atoms with E-state index in [9.17, 15) is 8.42 Å². The van der Waals surface area contributed by atoms with Crippen molar-refractivity contribution >= 4 is 21.4 Å². The van der Waals surface area contributed by atoms with Gasteiger partial charge in [-0.05, 0) is 43.9 Å². The lowest BCUT2D eigenvalue weighted by atomic mass is 10.1. The van der Waals surface area contributed by atoms with Gasteiger partial charge >= 0.3 is 0 Å². The molecule has 3 N–H and O–H groups in total. The van der Waals surface area contributed by atoms with Gasteiger partial charge in [-0.3, -0.25) is 0 Å². The average molecular weight is 288 g/mol. The maximum atomic E-state index is 12.2. The van der Waals surface area contributed by atoms with Gasteiger partial charge in [0.05, 0.1) is 0 Å². The van der Waals surface area contributed by atoms with Crippen molar-refractivity contribution in [1.82, 2.24) is 4.72 Å². The first-order valence-corrected chi connectivity index (χ1v) is 8.64. The molecule has 0 amide bonds. The summed E-state index contributed by atoms with van der Waals surface area (Å²) < 4.78 is 27.7. The van der Waals surface area contributed by atoms with Gasteiger partial charge in [-0.2, -0.15) is 0 Å². The molecule has 1 heterocycles. The van der Waals surface area contributed by atoms with Crippen LogP contribution in [0, 0.1) is 5.92 Å². The number of sulfonamides is 1. The van der Waals surface area contributed by atoms with Crippen molar-refractivity contribution in [3.63, 3.8) is 0 Å².